The normalized spacial score (nSPS) is 20.6. The van der Waals surface area contributed by atoms with E-state index in [1.807, 2.05) is 24.5 Å². The highest BCUT2D eigenvalue weighted by atomic mass is 32.2. The number of rotatable bonds is 2. The molecule has 4 heteroatoms. The van der Waals surface area contributed by atoms with Gasteiger partial charge in [0.25, 0.3) is 0 Å². The molecule has 2 N–H and O–H groups in total. The van der Waals surface area contributed by atoms with E-state index < -0.39 is 0 Å². The highest BCUT2D eigenvalue weighted by Gasteiger charge is 2.18. The third-order valence-electron chi connectivity index (χ3n) is 3.06. The van der Waals surface area contributed by atoms with Crippen LogP contribution in [0.2, 0.25) is 0 Å². The average Bonchev–Trinajstić information content (AvgIpc) is 2.90. The minimum absolute atomic E-state index is 0.743. The highest BCUT2D eigenvalue weighted by molar-refractivity contribution is 8.00. The van der Waals surface area contributed by atoms with Crippen LogP contribution in [0, 0.1) is 0 Å². The number of fused-ring (bicyclic) bond motifs is 1. The molecule has 1 unspecified atom stereocenters. The van der Waals surface area contributed by atoms with Gasteiger partial charge in [0.1, 0.15) is 5.82 Å². The monoisotopic (exact) mass is 233 g/mol. The van der Waals surface area contributed by atoms with E-state index in [1.54, 1.807) is 0 Å². The molecule has 84 valence electrons. The summed E-state index contributed by atoms with van der Waals surface area (Å²) in [6.07, 6.45) is 7.62. The van der Waals surface area contributed by atoms with Gasteiger partial charge in [-0.15, -0.1) is 0 Å². The van der Waals surface area contributed by atoms with Crippen LogP contribution < -0.4 is 5.73 Å². The lowest BCUT2D eigenvalue weighted by Crippen LogP contribution is -2.06. The Morgan fingerprint density at radius 2 is 2.44 bits per heavy atom. The van der Waals surface area contributed by atoms with Crippen LogP contribution in [-0.4, -0.2) is 20.4 Å². The zero-order chi connectivity index (χ0) is 11.0. The molecule has 1 atom stereocenters. The third kappa shape index (κ3) is 1.78. The first kappa shape index (κ1) is 10.0. The number of aromatic nitrogens is 2. The van der Waals surface area contributed by atoms with E-state index in [0.29, 0.717) is 0 Å². The summed E-state index contributed by atoms with van der Waals surface area (Å²) in [6, 6.07) is 3.94. The lowest BCUT2D eigenvalue weighted by Gasteiger charge is -2.07. The van der Waals surface area contributed by atoms with E-state index in [1.165, 1.54) is 18.6 Å². The summed E-state index contributed by atoms with van der Waals surface area (Å²) in [5.74, 6) is 2.44. The molecule has 3 nitrogen and oxygen atoms in total. The highest BCUT2D eigenvalue weighted by Crippen LogP contribution is 2.28. The predicted molar refractivity (Wildman–Crippen MR) is 68.8 cm³/mol. The smallest absolute Gasteiger partial charge is 0.114 e. The molecular weight excluding hydrogens is 218 g/mol. The van der Waals surface area contributed by atoms with Crippen LogP contribution >= 0.6 is 11.8 Å². The standard InChI is InChI=1S/C12H15N3S/c13-9-3-4-10-7-14-12(15(10)8-9)6-11-2-1-5-16-11/h3-4,7-8,11H,1-2,5-6,13H2. The molecule has 0 amide bonds. The Bertz CT molecular complexity index is 500. The summed E-state index contributed by atoms with van der Waals surface area (Å²) in [4.78, 5) is 4.49. The molecule has 3 heterocycles. The van der Waals surface area contributed by atoms with Crippen LogP contribution in [0.1, 0.15) is 18.7 Å². The Morgan fingerprint density at radius 1 is 1.50 bits per heavy atom. The summed E-state index contributed by atoms with van der Waals surface area (Å²) in [5.41, 5.74) is 7.74. The second kappa shape index (κ2) is 4.01. The second-order valence-corrected chi connectivity index (χ2v) is 5.68. The van der Waals surface area contributed by atoms with Crippen molar-refractivity contribution < 1.29 is 0 Å². The summed E-state index contributed by atoms with van der Waals surface area (Å²) in [7, 11) is 0. The van der Waals surface area contributed by atoms with E-state index >= 15 is 0 Å². The van der Waals surface area contributed by atoms with Gasteiger partial charge in [0, 0.05) is 23.6 Å². The molecule has 3 rings (SSSR count). The molecule has 1 aliphatic rings. The molecule has 0 radical (unpaired) electrons. The van der Waals surface area contributed by atoms with E-state index in [2.05, 4.69) is 21.1 Å². The second-order valence-electron chi connectivity index (χ2n) is 4.27. The van der Waals surface area contributed by atoms with Crippen molar-refractivity contribution in [3.05, 3.63) is 30.4 Å². The molecule has 1 saturated heterocycles. The largest absolute Gasteiger partial charge is 0.398 e. The van der Waals surface area contributed by atoms with Gasteiger partial charge in [0.2, 0.25) is 0 Å². The van der Waals surface area contributed by atoms with Crippen LogP contribution in [0.15, 0.2) is 24.5 Å². The van der Waals surface area contributed by atoms with Gasteiger partial charge in [-0.3, -0.25) is 0 Å². The van der Waals surface area contributed by atoms with Gasteiger partial charge in [-0.2, -0.15) is 11.8 Å². The van der Waals surface area contributed by atoms with Gasteiger partial charge in [-0.05, 0) is 30.7 Å². The van der Waals surface area contributed by atoms with Crippen molar-refractivity contribution in [1.82, 2.24) is 9.38 Å². The predicted octanol–water partition coefficient (Wildman–Crippen LogP) is 2.35. The number of imidazole rings is 1. The zero-order valence-electron chi connectivity index (χ0n) is 9.10. The summed E-state index contributed by atoms with van der Waals surface area (Å²) in [6.45, 7) is 0. The fourth-order valence-electron chi connectivity index (χ4n) is 2.22. The van der Waals surface area contributed by atoms with E-state index in [4.69, 9.17) is 5.73 Å². The van der Waals surface area contributed by atoms with Crippen molar-refractivity contribution in [2.45, 2.75) is 24.5 Å². The maximum Gasteiger partial charge on any atom is 0.114 e. The first-order chi connectivity index (χ1) is 7.83. The lowest BCUT2D eigenvalue weighted by molar-refractivity contribution is 0.743. The van der Waals surface area contributed by atoms with Crippen molar-refractivity contribution >= 4 is 23.0 Å². The number of anilines is 1. The molecule has 16 heavy (non-hydrogen) atoms. The van der Waals surface area contributed by atoms with Crippen molar-refractivity contribution in [2.24, 2.45) is 0 Å². The van der Waals surface area contributed by atoms with Crippen molar-refractivity contribution in [2.75, 3.05) is 11.5 Å². The first-order valence-corrected chi connectivity index (χ1v) is 6.71. The van der Waals surface area contributed by atoms with Gasteiger partial charge in [0.15, 0.2) is 0 Å². The summed E-state index contributed by atoms with van der Waals surface area (Å²) < 4.78 is 2.12. The SMILES string of the molecule is Nc1ccc2cnc(CC3CCCS3)n2c1. The number of thioether (sulfide) groups is 1. The lowest BCUT2D eigenvalue weighted by atomic mass is 10.2. The molecule has 0 bridgehead atoms. The molecule has 0 aliphatic carbocycles. The number of pyridine rings is 1. The average molecular weight is 233 g/mol. The molecule has 1 aliphatic heterocycles. The number of hydrogen-bond donors (Lipinski definition) is 1. The van der Waals surface area contributed by atoms with Crippen LogP contribution in [0.25, 0.3) is 5.52 Å². The van der Waals surface area contributed by atoms with Crippen molar-refractivity contribution in [3.8, 4) is 0 Å². The van der Waals surface area contributed by atoms with Gasteiger partial charge >= 0.3 is 0 Å². The maximum atomic E-state index is 5.81. The van der Waals surface area contributed by atoms with Gasteiger partial charge in [-0.1, -0.05) is 0 Å². The van der Waals surface area contributed by atoms with E-state index in [-0.39, 0.29) is 0 Å². The fraction of sp³-hybridized carbons (Fsp3) is 0.417. The molecule has 2 aromatic heterocycles. The van der Waals surface area contributed by atoms with Crippen molar-refractivity contribution in [1.29, 1.82) is 0 Å². The molecule has 0 saturated carbocycles. The maximum absolute atomic E-state index is 5.81. The van der Waals surface area contributed by atoms with Crippen molar-refractivity contribution in [3.63, 3.8) is 0 Å². The molecule has 1 fully saturated rings. The zero-order valence-corrected chi connectivity index (χ0v) is 9.91. The Morgan fingerprint density at radius 3 is 3.25 bits per heavy atom. The number of hydrogen-bond acceptors (Lipinski definition) is 3. The summed E-state index contributed by atoms with van der Waals surface area (Å²) in [5, 5.41) is 0.743. The minimum atomic E-state index is 0.743. The Balaban J connectivity index is 1.93. The minimum Gasteiger partial charge on any atom is -0.398 e. The summed E-state index contributed by atoms with van der Waals surface area (Å²) >= 11 is 2.07. The van der Waals surface area contributed by atoms with E-state index in [9.17, 15) is 0 Å². The van der Waals surface area contributed by atoms with Gasteiger partial charge < -0.3 is 10.1 Å². The molecule has 2 aromatic rings. The quantitative estimate of drug-likeness (QED) is 0.866. The molecule has 0 aromatic carbocycles. The fourth-order valence-corrected chi connectivity index (χ4v) is 3.49. The topological polar surface area (TPSA) is 43.3 Å². The van der Waals surface area contributed by atoms with Crippen LogP contribution in [0.5, 0.6) is 0 Å². The van der Waals surface area contributed by atoms with Gasteiger partial charge in [0.05, 0.1) is 11.7 Å². The first-order valence-electron chi connectivity index (χ1n) is 5.66. The number of nitrogens with two attached hydrogens (primary N) is 1. The Hall–Kier alpha value is -1.16. The number of nitrogen functional groups attached to an aromatic ring is 1. The third-order valence-corrected chi connectivity index (χ3v) is 4.46. The number of nitrogens with zero attached hydrogens (tertiary/aromatic N) is 2. The van der Waals surface area contributed by atoms with Gasteiger partial charge in [-0.25, -0.2) is 4.98 Å². The Labute approximate surface area is 99.1 Å². The van der Waals surface area contributed by atoms with E-state index in [0.717, 1.165) is 28.7 Å². The van der Waals surface area contributed by atoms with Crippen LogP contribution in [0.3, 0.4) is 0 Å². The molecule has 0 spiro atoms. The van der Waals surface area contributed by atoms with Crippen LogP contribution in [-0.2, 0) is 6.42 Å². The Kier molecular flexibility index (Phi) is 2.52. The van der Waals surface area contributed by atoms with Crippen LogP contribution in [0.4, 0.5) is 5.69 Å². The molecular formula is C12H15N3S.